The third-order valence-corrected chi connectivity index (χ3v) is 6.52. The molecule has 3 rings (SSSR count). The van der Waals surface area contributed by atoms with E-state index in [2.05, 4.69) is 10.3 Å². The van der Waals surface area contributed by atoms with Crippen molar-refractivity contribution in [3.8, 4) is 5.75 Å². The van der Waals surface area contributed by atoms with E-state index in [4.69, 9.17) is 25.7 Å². The molecule has 0 spiro atoms. The molecule has 2 heterocycles. The second-order valence-electron chi connectivity index (χ2n) is 9.03. The maximum absolute atomic E-state index is 14.5. The number of hydrogen-bond acceptors (Lipinski definition) is 7. The van der Waals surface area contributed by atoms with Crippen molar-refractivity contribution in [1.82, 2.24) is 4.98 Å². The number of anilines is 1. The maximum Gasteiger partial charge on any atom is 0.417 e. The topological polar surface area (TPSA) is 139 Å². The second-order valence-corrected chi connectivity index (χ2v) is 9.03. The SMILES string of the molecule is C[C@H]1[C@@H](c2ccc(F)c(OCCOCCCN)c2)[C@H](C(=O)Nc2ccnc(C(N)=O)c2)O[C@@]1(C)C(F)(F)F. The molecule has 208 valence electrons. The number of alkyl halides is 3. The molecule has 38 heavy (non-hydrogen) atoms. The van der Waals surface area contributed by atoms with Crippen molar-refractivity contribution in [3.05, 3.63) is 53.6 Å². The molecule has 2 amide bonds. The predicted molar refractivity (Wildman–Crippen MR) is 129 cm³/mol. The molecule has 5 N–H and O–H groups in total. The first-order valence-corrected chi connectivity index (χ1v) is 11.9. The van der Waals surface area contributed by atoms with Gasteiger partial charge in [-0.2, -0.15) is 13.2 Å². The average molecular weight is 543 g/mol. The van der Waals surface area contributed by atoms with Gasteiger partial charge in [0.05, 0.1) is 6.61 Å². The first-order valence-electron chi connectivity index (χ1n) is 11.9. The highest BCUT2D eigenvalue weighted by Crippen LogP contribution is 2.53. The Morgan fingerprint density at radius 3 is 2.58 bits per heavy atom. The van der Waals surface area contributed by atoms with Gasteiger partial charge in [0.25, 0.3) is 11.8 Å². The predicted octanol–water partition coefficient (Wildman–Crippen LogP) is 3.14. The normalized spacial score (nSPS) is 23.3. The monoisotopic (exact) mass is 542 g/mol. The highest BCUT2D eigenvalue weighted by atomic mass is 19.4. The fourth-order valence-corrected chi connectivity index (χ4v) is 4.25. The zero-order chi connectivity index (χ0) is 28.1. The lowest BCUT2D eigenvalue weighted by atomic mass is 9.77. The van der Waals surface area contributed by atoms with Crippen LogP contribution in [-0.2, 0) is 14.3 Å². The lowest BCUT2D eigenvalue weighted by Crippen LogP contribution is -2.47. The molecule has 0 aliphatic carbocycles. The molecule has 2 aromatic rings. The summed E-state index contributed by atoms with van der Waals surface area (Å²) in [4.78, 5) is 28.4. The molecular formula is C25H30F4N4O5. The Labute approximate surface area is 216 Å². The van der Waals surface area contributed by atoms with Gasteiger partial charge in [0.15, 0.2) is 17.2 Å². The number of nitrogens with two attached hydrogens (primary N) is 2. The van der Waals surface area contributed by atoms with E-state index < -0.39 is 47.3 Å². The van der Waals surface area contributed by atoms with Crippen LogP contribution in [0.25, 0.3) is 0 Å². The van der Waals surface area contributed by atoms with E-state index >= 15 is 0 Å². The lowest BCUT2D eigenvalue weighted by molar-refractivity contribution is -0.272. The largest absolute Gasteiger partial charge is 0.488 e. The summed E-state index contributed by atoms with van der Waals surface area (Å²) in [5.41, 5.74) is 8.08. The van der Waals surface area contributed by atoms with Crippen LogP contribution in [0.3, 0.4) is 0 Å². The van der Waals surface area contributed by atoms with E-state index in [9.17, 15) is 27.2 Å². The Balaban J connectivity index is 1.89. The second kappa shape index (κ2) is 12.0. The number of ether oxygens (including phenoxy) is 3. The van der Waals surface area contributed by atoms with Gasteiger partial charge in [-0.25, -0.2) is 4.39 Å². The number of carbonyl (C=O) groups excluding carboxylic acids is 2. The van der Waals surface area contributed by atoms with Crippen LogP contribution in [0.5, 0.6) is 5.75 Å². The zero-order valence-corrected chi connectivity index (χ0v) is 20.9. The number of halogens is 4. The molecule has 0 saturated carbocycles. The van der Waals surface area contributed by atoms with E-state index in [0.717, 1.165) is 13.0 Å². The number of nitrogens with one attached hydrogen (secondary N) is 1. The molecule has 1 aromatic heterocycles. The standard InChI is InChI=1S/C25H30F4N4O5/c1-14-20(15-4-5-17(26)19(12-15)37-11-10-36-9-3-7-30)21(38-24(14,2)25(27,28)29)23(35)33-16-6-8-32-18(13-16)22(31)34/h4-6,8,12-14,20-21H,3,7,9-11,30H2,1-2H3,(H2,31,34)(H,32,33,35)/t14-,20-,21+,24+/m0/s1. The van der Waals surface area contributed by atoms with Crippen molar-refractivity contribution in [1.29, 1.82) is 0 Å². The third-order valence-electron chi connectivity index (χ3n) is 6.52. The summed E-state index contributed by atoms with van der Waals surface area (Å²) < 4.78 is 72.9. The minimum Gasteiger partial charge on any atom is -0.488 e. The highest BCUT2D eigenvalue weighted by molar-refractivity contribution is 5.97. The van der Waals surface area contributed by atoms with Crippen LogP contribution in [0.15, 0.2) is 36.5 Å². The number of primary amides is 1. The molecule has 1 aromatic carbocycles. The number of amides is 2. The number of carbonyl (C=O) groups is 2. The first-order chi connectivity index (χ1) is 17.9. The van der Waals surface area contributed by atoms with Crippen LogP contribution in [0.2, 0.25) is 0 Å². The number of hydrogen-bond donors (Lipinski definition) is 3. The lowest BCUT2D eigenvalue weighted by Gasteiger charge is -2.31. The molecule has 9 nitrogen and oxygen atoms in total. The van der Waals surface area contributed by atoms with Crippen LogP contribution in [-0.4, -0.2) is 61.0 Å². The molecule has 0 unspecified atom stereocenters. The molecule has 1 aliphatic heterocycles. The fraction of sp³-hybridized carbons (Fsp3) is 0.480. The Hall–Kier alpha value is -3.29. The number of nitrogens with zero attached hydrogens (tertiary/aromatic N) is 1. The van der Waals surface area contributed by atoms with Gasteiger partial charge < -0.3 is 31.0 Å². The van der Waals surface area contributed by atoms with Crippen LogP contribution < -0.4 is 21.5 Å². The number of aromatic nitrogens is 1. The van der Waals surface area contributed by atoms with Gasteiger partial charge in [0.2, 0.25) is 0 Å². The van der Waals surface area contributed by atoms with Crippen molar-refractivity contribution in [2.75, 3.05) is 31.7 Å². The van der Waals surface area contributed by atoms with Crippen LogP contribution in [0.1, 0.15) is 42.2 Å². The average Bonchev–Trinajstić information content (AvgIpc) is 3.14. The zero-order valence-electron chi connectivity index (χ0n) is 20.9. The van der Waals surface area contributed by atoms with Gasteiger partial charge in [0, 0.05) is 30.3 Å². The molecule has 4 atom stereocenters. The van der Waals surface area contributed by atoms with Gasteiger partial charge in [-0.05, 0) is 49.7 Å². The summed E-state index contributed by atoms with van der Waals surface area (Å²) in [5.74, 6) is -5.03. The van der Waals surface area contributed by atoms with Gasteiger partial charge in [-0.3, -0.25) is 14.6 Å². The minimum atomic E-state index is -4.81. The molecule has 1 fully saturated rings. The van der Waals surface area contributed by atoms with Gasteiger partial charge in [-0.1, -0.05) is 13.0 Å². The summed E-state index contributed by atoms with van der Waals surface area (Å²) in [6, 6.07) is 6.16. The fourth-order valence-electron chi connectivity index (χ4n) is 4.25. The number of pyridine rings is 1. The number of benzene rings is 1. The summed E-state index contributed by atoms with van der Waals surface area (Å²) in [7, 11) is 0. The molecule has 0 radical (unpaired) electrons. The van der Waals surface area contributed by atoms with Crippen LogP contribution in [0, 0.1) is 11.7 Å². The summed E-state index contributed by atoms with van der Waals surface area (Å²) in [6.45, 7) is 3.20. The van der Waals surface area contributed by atoms with Gasteiger partial charge in [0.1, 0.15) is 18.4 Å². The van der Waals surface area contributed by atoms with Gasteiger partial charge >= 0.3 is 6.18 Å². The van der Waals surface area contributed by atoms with E-state index in [0.29, 0.717) is 19.6 Å². The Morgan fingerprint density at radius 2 is 1.92 bits per heavy atom. The van der Waals surface area contributed by atoms with Crippen molar-refractivity contribution in [2.24, 2.45) is 17.4 Å². The third kappa shape index (κ3) is 6.40. The summed E-state index contributed by atoms with van der Waals surface area (Å²) in [6.07, 6.45) is -4.56. The van der Waals surface area contributed by atoms with Crippen molar-refractivity contribution in [2.45, 2.75) is 44.1 Å². The van der Waals surface area contributed by atoms with Crippen LogP contribution >= 0.6 is 0 Å². The van der Waals surface area contributed by atoms with Crippen molar-refractivity contribution < 1.29 is 41.4 Å². The highest BCUT2D eigenvalue weighted by Gasteiger charge is 2.65. The van der Waals surface area contributed by atoms with Crippen molar-refractivity contribution in [3.63, 3.8) is 0 Å². The molecule has 1 saturated heterocycles. The van der Waals surface area contributed by atoms with E-state index in [1.807, 2.05) is 0 Å². The maximum atomic E-state index is 14.5. The summed E-state index contributed by atoms with van der Waals surface area (Å²) >= 11 is 0. The Kier molecular flexibility index (Phi) is 9.28. The van der Waals surface area contributed by atoms with E-state index in [1.54, 1.807) is 0 Å². The molecular weight excluding hydrogens is 512 g/mol. The first kappa shape index (κ1) is 29.3. The van der Waals surface area contributed by atoms with Crippen molar-refractivity contribution >= 4 is 17.5 Å². The van der Waals surface area contributed by atoms with E-state index in [1.165, 1.54) is 37.4 Å². The molecule has 1 aliphatic rings. The van der Waals surface area contributed by atoms with Crippen LogP contribution in [0.4, 0.5) is 23.2 Å². The van der Waals surface area contributed by atoms with Gasteiger partial charge in [-0.15, -0.1) is 0 Å². The molecule has 0 bridgehead atoms. The quantitative estimate of drug-likeness (QED) is 0.293. The Morgan fingerprint density at radius 1 is 1.18 bits per heavy atom. The smallest absolute Gasteiger partial charge is 0.417 e. The number of rotatable bonds is 11. The summed E-state index contributed by atoms with van der Waals surface area (Å²) in [5, 5.41) is 2.46. The van der Waals surface area contributed by atoms with E-state index in [-0.39, 0.29) is 35.9 Å². The molecule has 13 heteroatoms. The Bertz CT molecular complexity index is 1150. The minimum absolute atomic E-state index is 0.00388.